The van der Waals surface area contributed by atoms with E-state index in [1.807, 2.05) is 66.0 Å². The normalized spacial score (nSPS) is 12.9. The zero-order chi connectivity index (χ0) is 26.8. The molecule has 0 spiro atoms. The molecular formula is C29H22N4O5S. The van der Waals surface area contributed by atoms with Crippen molar-refractivity contribution >= 4 is 34.0 Å². The summed E-state index contributed by atoms with van der Waals surface area (Å²) in [5, 5.41) is 20.6. The van der Waals surface area contributed by atoms with Crippen molar-refractivity contribution in [1.82, 2.24) is 4.68 Å². The first-order chi connectivity index (χ1) is 19.1. The Morgan fingerprint density at radius 2 is 1.79 bits per heavy atom. The monoisotopic (exact) mass is 538 g/mol. The van der Waals surface area contributed by atoms with Gasteiger partial charge in [-0.05, 0) is 40.6 Å². The van der Waals surface area contributed by atoms with Crippen LogP contribution in [0.4, 0.5) is 5.69 Å². The number of rotatable bonds is 7. The highest BCUT2D eigenvalue weighted by atomic mass is 32.1. The second-order valence-corrected chi connectivity index (χ2v) is 9.55. The molecule has 9 nitrogen and oxygen atoms in total. The fourth-order valence-corrected chi connectivity index (χ4v) is 5.14. The predicted molar refractivity (Wildman–Crippen MR) is 150 cm³/mol. The van der Waals surface area contributed by atoms with Crippen LogP contribution in [0.3, 0.4) is 0 Å². The summed E-state index contributed by atoms with van der Waals surface area (Å²) in [5.41, 5.74) is 2.98. The van der Waals surface area contributed by atoms with Gasteiger partial charge in [-0.2, -0.15) is 5.10 Å². The van der Waals surface area contributed by atoms with Gasteiger partial charge in [-0.25, -0.2) is 4.68 Å². The summed E-state index contributed by atoms with van der Waals surface area (Å²) >= 11 is 1.45. The number of nitrogens with zero attached hydrogens (tertiary/aromatic N) is 4. The smallest absolute Gasteiger partial charge is 0.282 e. The van der Waals surface area contributed by atoms with E-state index in [2.05, 4.69) is 11.2 Å². The van der Waals surface area contributed by atoms with E-state index >= 15 is 0 Å². The highest BCUT2D eigenvalue weighted by Gasteiger charge is 2.22. The number of fused-ring (bicyclic) bond motifs is 2. The largest absolute Gasteiger partial charge is 0.497 e. The van der Waals surface area contributed by atoms with E-state index in [4.69, 9.17) is 19.2 Å². The molecule has 0 unspecified atom stereocenters. The lowest BCUT2D eigenvalue weighted by atomic mass is 10.1. The quantitative estimate of drug-likeness (QED) is 0.144. The minimum absolute atomic E-state index is 0.0207. The third-order valence-electron chi connectivity index (χ3n) is 6.30. The topological polar surface area (TPSA) is 100 Å². The number of nitro groups is 1. The summed E-state index contributed by atoms with van der Waals surface area (Å²) in [6.45, 7) is 0.491. The molecule has 0 bridgehead atoms. The number of hydrogen-bond acceptors (Lipinski definition) is 8. The molecule has 2 heterocycles. The van der Waals surface area contributed by atoms with Crippen molar-refractivity contribution in [2.75, 3.05) is 13.9 Å². The SMILES string of the molecule is COc1ccc2cc(-c3csc(=NCc4ccccc4)n3N=Cc3cc4c(cc3[N+](=O)[O-])OCO4)ccc2c1. The number of aromatic nitrogens is 1. The molecule has 0 aliphatic carbocycles. The molecule has 1 aliphatic heterocycles. The van der Waals surface area contributed by atoms with E-state index in [-0.39, 0.29) is 12.5 Å². The molecule has 0 atom stereocenters. The third-order valence-corrected chi connectivity index (χ3v) is 7.15. The molecule has 10 heteroatoms. The lowest BCUT2D eigenvalue weighted by Crippen LogP contribution is -2.12. The van der Waals surface area contributed by atoms with Crippen LogP contribution in [-0.2, 0) is 6.54 Å². The Labute approximate surface area is 227 Å². The molecule has 1 aliphatic rings. The first-order valence-electron chi connectivity index (χ1n) is 12.0. The van der Waals surface area contributed by atoms with E-state index in [0.29, 0.717) is 28.4 Å². The summed E-state index contributed by atoms with van der Waals surface area (Å²) in [6, 6.07) is 24.9. The molecule has 0 radical (unpaired) electrons. The van der Waals surface area contributed by atoms with Gasteiger partial charge in [0.15, 0.2) is 11.5 Å². The van der Waals surface area contributed by atoms with Crippen LogP contribution in [0, 0.1) is 10.1 Å². The predicted octanol–water partition coefficient (Wildman–Crippen LogP) is 6.00. The first kappa shape index (κ1) is 24.4. The van der Waals surface area contributed by atoms with E-state index in [9.17, 15) is 10.1 Å². The van der Waals surface area contributed by atoms with Gasteiger partial charge in [0.25, 0.3) is 5.69 Å². The van der Waals surface area contributed by atoms with E-state index < -0.39 is 4.92 Å². The van der Waals surface area contributed by atoms with Crippen LogP contribution in [0.25, 0.3) is 22.0 Å². The zero-order valence-corrected chi connectivity index (χ0v) is 21.6. The van der Waals surface area contributed by atoms with Crippen LogP contribution in [0.15, 0.2) is 94.3 Å². The van der Waals surface area contributed by atoms with Gasteiger partial charge in [0.05, 0.1) is 42.1 Å². The summed E-state index contributed by atoms with van der Waals surface area (Å²) in [7, 11) is 1.65. The lowest BCUT2D eigenvalue weighted by molar-refractivity contribution is -0.385. The molecule has 0 amide bonds. The standard InChI is InChI=1S/C29H22N4O5S/c1-36-24-10-9-20-11-22(8-7-21(20)12-24)26-17-39-29(30-15-19-5-3-2-4-6-19)32(26)31-16-23-13-27-28(38-18-37-27)14-25(23)33(34)35/h2-14,16-17H,15,18H2,1H3. The van der Waals surface area contributed by atoms with Gasteiger partial charge in [0.2, 0.25) is 11.6 Å². The van der Waals surface area contributed by atoms with Crippen LogP contribution in [0.2, 0.25) is 0 Å². The average molecular weight is 539 g/mol. The number of hydrogen-bond donors (Lipinski definition) is 0. The molecule has 0 saturated heterocycles. The maximum absolute atomic E-state index is 11.8. The Morgan fingerprint density at radius 3 is 2.59 bits per heavy atom. The number of nitro benzene ring substituents is 1. The Bertz CT molecular complexity index is 1790. The molecule has 1 aromatic heterocycles. The van der Waals surface area contributed by atoms with Crippen molar-refractivity contribution in [3.63, 3.8) is 0 Å². The van der Waals surface area contributed by atoms with Crippen LogP contribution in [0.1, 0.15) is 11.1 Å². The molecule has 39 heavy (non-hydrogen) atoms. The molecule has 0 fully saturated rings. The molecule has 0 saturated carbocycles. The fourth-order valence-electron chi connectivity index (χ4n) is 4.30. The Balaban J connectivity index is 1.46. The number of methoxy groups -OCH3 is 1. The molecule has 194 valence electrons. The highest BCUT2D eigenvalue weighted by Crippen LogP contribution is 2.37. The second-order valence-electron chi connectivity index (χ2n) is 8.71. The fraction of sp³-hybridized carbons (Fsp3) is 0.103. The van der Waals surface area contributed by atoms with Gasteiger partial charge in [0, 0.05) is 10.9 Å². The average Bonchev–Trinajstić information content (AvgIpc) is 3.60. The number of thiazole rings is 1. The summed E-state index contributed by atoms with van der Waals surface area (Å²) in [4.78, 5) is 16.8. The summed E-state index contributed by atoms with van der Waals surface area (Å²) in [5.74, 6) is 1.57. The van der Waals surface area contributed by atoms with E-state index in [0.717, 1.165) is 33.3 Å². The maximum atomic E-state index is 11.8. The van der Waals surface area contributed by atoms with Crippen molar-refractivity contribution in [3.05, 3.63) is 110 Å². The van der Waals surface area contributed by atoms with Gasteiger partial charge < -0.3 is 14.2 Å². The zero-order valence-electron chi connectivity index (χ0n) is 20.8. The Morgan fingerprint density at radius 1 is 1.03 bits per heavy atom. The highest BCUT2D eigenvalue weighted by molar-refractivity contribution is 7.07. The van der Waals surface area contributed by atoms with Gasteiger partial charge in [-0.1, -0.05) is 48.5 Å². The summed E-state index contributed by atoms with van der Waals surface area (Å²) < 4.78 is 17.8. The first-order valence-corrected chi connectivity index (χ1v) is 12.9. The maximum Gasteiger partial charge on any atom is 0.282 e. The molecule has 6 rings (SSSR count). The van der Waals surface area contributed by atoms with Crippen molar-refractivity contribution < 1.29 is 19.1 Å². The molecule has 4 aromatic carbocycles. The second kappa shape index (κ2) is 10.4. The van der Waals surface area contributed by atoms with Crippen molar-refractivity contribution in [2.45, 2.75) is 6.54 Å². The van der Waals surface area contributed by atoms with Gasteiger partial charge in [-0.15, -0.1) is 11.3 Å². The minimum Gasteiger partial charge on any atom is -0.497 e. The lowest BCUT2D eigenvalue weighted by Gasteiger charge is -2.07. The Kier molecular flexibility index (Phi) is 6.52. The summed E-state index contributed by atoms with van der Waals surface area (Å²) in [6.07, 6.45) is 1.46. The van der Waals surface area contributed by atoms with Gasteiger partial charge in [-0.3, -0.25) is 15.1 Å². The van der Waals surface area contributed by atoms with Crippen molar-refractivity contribution in [2.24, 2.45) is 10.1 Å². The van der Waals surface area contributed by atoms with E-state index in [1.165, 1.54) is 23.6 Å². The van der Waals surface area contributed by atoms with E-state index in [1.54, 1.807) is 17.9 Å². The third kappa shape index (κ3) is 4.97. The van der Waals surface area contributed by atoms with Gasteiger partial charge in [0.1, 0.15) is 5.75 Å². The van der Waals surface area contributed by atoms with Gasteiger partial charge >= 0.3 is 0 Å². The molecular weight excluding hydrogens is 516 g/mol. The van der Waals surface area contributed by atoms with Crippen molar-refractivity contribution in [1.29, 1.82) is 0 Å². The Hall–Kier alpha value is -4.96. The molecule has 0 N–H and O–H groups in total. The van der Waals surface area contributed by atoms with Crippen LogP contribution in [-0.4, -0.2) is 29.7 Å². The molecule has 5 aromatic rings. The minimum atomic E-state index is -0.458. The van der Waals surface area contributed by atoms with Crippen molar-refractivity contribution in [3.8, 4) is 28.5 Å². The van der Waals surface area contributed by atoms with Crippen LogP contribution in [0.5, 0.6) is 17.2 Å². The number of benzene rings is 4. The van der Waals surface area contributed by atoms with Crippen LogP contribution >= 0.6 is 11.3 Å². The number of ether oxygens (including phenoxy) is 3. The van der Waals surface area contributed by atoms with Crippen LogP contribution < -0.4 is 19.0 Å².